The number of nitrogens with one attached hydrogen (secondary N) is 1. The highest BCUT2D eigenvalue weighted by atomic mass is 16.4. The Labute approximate surface area is 112 Å². The van der Waals surface area contributed by atoms with Gasteiger partial charge < -0.3 is 25.3 Å². The summed E-state index contributed by atoms with van der Waals surface area (Å²) in [6, 6.07) is -0.572. The topological polar surface area (TPSA) is 110 Å². The number of hydrogen-bond donors (Lipinski definition) is 3. The molecule has 1 atom stereocenters. The molecule has 0 fully saturated rings. The molecular formula is C11H21N3O5. The van der Waals surface area contributed by atoms with Crippen LogP contribution >= 0.6 is 0 Å². The monoisotopic (exact) mass is 275 g/mol. The number of hydrogen-bond acceptors (Lipinski definition) is 4. The van der Waals surface area contributed by atoms with Crippen LogP contribution in [0.4, 0.5) is 4.79 Å². The first-order valence-electron chi connectivity index (χ1n) is 5.93. The molecule has 0 aromatic heterocycles. The van der Waals surface area contributed by atoms with Crippen LogP contribution in [-0.2, 0) is 9.59 Å². The Hall–Kier alpha value is -1.83. The molecule has 110 valence electrons. The predicted octanol–water partition coefficient (Wildman–Crippen LogP) is -1.06. The fraction of sp³-hybridized carbons (Fsp3) is 0.727. The summed E-state index contributed by atoms with van der Waals surface area (Å²) in [4.78, 5) is 36.3. The SMILES string of the molecule is CCCN(CC(=O)N(C)C)C(=O)NC[C@H](O)C(=O)O. The second-order valence-electron chi connectivity index (χ2n) is 4.25. The first-order chi connectivity index (χ1) is 8.79. The fourth-order valence-electron chi connectivity index (χ4n) is 1.21. The molecule has 0 spiro atoms. The minimum atomic E-state index is -1.66. The summed E-state index contributed by atoms with van der Waals surface area (Å²) in [6.07, 6.45) is -0.993. The van der Waals surface area contributed by atoms with Crippen molar-refractivity contribution in [1.29, 1.82) is 0 Å². The molecule has 0 unspecified atom stereocenters. The average Bonchev–Trinajstić information content (AvgIpc) is 2.34. The molecule has 0 aromatic carbocycles. The Morgan fingerprint density at radius 1 is 1.26 bits per heavy atom. The molecule has 0 aliphatic carbocycles. The normalized spacial score (nSPS) is 11.6. The molecule has 19 heavy (non-hydrogen) atoms. The molecular weight excluding hydrogens is 254 g/mol. The number of nitrogens with zero attached hydrogens (tertiary/aromatic N) is 2. The van der Waals surface area contributed by atoms with Gasteiger partial charge in [-0.1, -0.05) is 6.92 Å². The zero-order valence-electron chi connectivity index (χ0n) is 11.4. The molecule has 0 saturated carbocycles. The number of urea groups is 1. The first kappa shape index (κ1) is 17.2. The van der Waals surface area contributed by atoms with Gasteiger partial charge >= 0.3 is 12.0 Å². The van der Waals surface area contributed by atoms with E-state index in [0.717, 1.165) is 0 Å². The Kier molecular flexibility index (Phi) is 7.50. The molecule has 3 N–H and O–H groups in total. The molecule has 0 rings (SSSR count). The van der Waals surface area contributed by atoms with E-state index in [0.29, 0.717) is 13.0 Å². The number of carboxylic acid groups (broad SMARTS) is 1. The second-order valence-corrected chi connectivity index (χ2v) is 4.25. The van der Waals surface area contributed by atoms with Gasteiger partial charge in [-0.3, -0.25) is 4.79 Å². The lowest BCUT2D eigenvalue weighted by atomic mass is 10.3. The largest absolute Gasteiger partial charge is 0.479 e. The lowest BCUT2D eigenvalue weighted by Gasteiger charge is -2.23. The van der Waals surface area contributed by atoms with Crippen molar-refractivity contribution in [2.45, 2.75) is 19.4 Å². The maximum atomic E-state index is 11.8. The van der Waals surface area contributed by atoms with Crippen LogP contribution < -0.4 is 5.32 Å². The third kappa shape index (κ3) is 6.61. The molecule has 0 aromatic rings. The molecule has 0 aliphatic rings. The Balaban J connectivity index is 4.41. The van der Waals surface area contributed by atoms with Crippen molar-refractivity contribution in [2.24, 2.45) is 0 Å². The second kappa shape index (κ2) is 8.30. The van der Waals surface area contributed by atoms with Gasteiger partial charge in [-0.05, 0) is 6.42 Å². The number of likely N-dealkylation sites (N-methyl/N-ethyl adjacent to an activating group) is 1. The van der Waals surface area contributed by atoms with E-state index in [1.54, 1.807) is 14.1 Å². The van der Waals surface area contributed by atoms with E-state index >= 15 is 0 Å². The summed E-state index contributed by atoms with van der Waals surface area (Å²) in [5.74, 6) is -1.64. The van der Waals surface area contributed by atoms with E-state index in [2.05, 4.69) is 5.32 Å². The molecule has 3 amide bonds. The van der Waals surface area contributed by atoms with Gasteiger partial charge in [0.15, 0.2) is 6.10 Å². The molecule has 0 heterocycles. The van der Waals surface area contributed by atoms with E-state index in [1.807, 2.05) is 6.92 Å². The summed E-state index contributed by atoms with van der Waals surface area (Å²) in [7, 11) is 3.16. The summed E-state index contributed by atoms with van der Waals surface area (Å²) in [5.41, 5.74) is 0. The Bertz CT molecular complexity index is 332. The number of carbonyl (C=O) groups is 3. The van der Waals surface area contributed by atoms with Crippen LogP contribution in [0.15, 0.2) is 0 Å². The number of carbonyl (C=O) groups excluding carboxylic acids is 2. The minimum Gasteiger partial charge on any atom is -0.479 e. The number of rotatable bonds is 7. The predicted molar refractivity (Wildman–Crippen MR) is 67.6 cm³/mol. The van der Waals surface area contributed by atoms with Crippen molar-refractivity contribution in [1.82, 2.24) is 15.1 Å². The molecule has 8 heteroatoms. The lowest BCUT2D eigenvalue weighted by molar-refractivity contribution is -0.146. The molecule has 0 bridgehead atoms. The quantitative estimate of drug-likeness (QED) is 0.548. The number of carboxylic acids is 1. The number of aliphatic hydroxyl groups excluding tert-OH is 1. The zero-order valence-corrected chi connectivity index (χ0v) is 11.4. The van der Waals surface area contributed by atoms with Crippen LogP contribution in [0.1, 0.15) is 13.3 Å². The Morgan fingerprint density at radius 2 is 1.84 bits per heavy atom. The summed E-state index contributed by atoms with van der Waals surface area (Å²) >= 11 is 0. The van der Waals surface area contributed by atoms with Gasteiger partial charge in [0.2, 0.25) is 5.91 Å². The van der Waals surface area contributed by atoms with Crippen LogP contribution in [0.2, 0.25) is 0 Å². The van der Waals surface area contributed by atoms with Gasteiger partial charge in [-0.2, -0.15) is 0 Å². The van der Waals surface area contributed by atoms with Gasteiger partial charge in [-0.15, -0.1) is 0 Å². The van der Waals surface area contributed by atoms with Crippen LogP contribution in [-0.4, -0.2) is 77.8 Å². The summed E-state index contributed by atoms with van der Waals surface area (Å²) in [5, 5.41) is 19.8. The van der Waals surface area contributed by atoms with Crippen molar-refractivity contribution in [3.05, 3.63) is 0 Å². The van der Waals surface area contributed by atoms with Crippen LogP contribution in [0.3, 0.4) is 0 Å². The van der Waals surface area contributed by atoms with Crippen molar-refractivity contribution < 1.29 is 24.6 Å². The smallest absolute Gasteiger partial charge is 0.334 e. The van der Waals surface area contributed by atoms with E-state index in [1.165, 1.54) is 9.80 Å². The van der Waals surface area contributed by atoms with Gasteiger partial charge in [0.05, 0.1) is 6.54 Å². The van der Waals surface area contributed by atoms with E-state index in [4.69, 9.17) is 10.2 Å². The number of amides is 3. The average molecular weight is 275 g/mol. The maximum absolute atomic E-state index is 11.8. The van der Waals surface area contributed by atoms with Crippen LogP contribution in [0.25, 0.3) is 0 Å². The standard InChI is InChI=1S/C11H21N3O5/c1-4-5-14(7-9(16)13(2)3)11(19)12-6-8(15)10(17)18/h8,15H,4-7H2,1-3H3,(H,12,19)(H,17,18)/t8-/m0/s1. The zero-order chi connectivity index (χ0) is 15.0. The fourth-order valence-corrected chi connectivity index (χ4v) is 1.21. The molecule has 0 aliphatic heterocycles. The van der Waals surface area contributed by atoms with E-state index in [9.17, 15) is 14.4 Å². The summed E-state index contributed by atoms with van der Waals surface area (Å²) < 4.78 is 0. The first-order valence-corrected chi connectivity index (χ1v) is 5.93. The minimum absolute atomic E-state index is 0.0875. The third-order valence-corrected chi connectivity index (χ3v) is 2.34. The van der Waals surface area contributed by atoms with Crippen molar-refractivity contribution in [2.75, 3.05) is 33.7 Å². The Morgan fingerprint density at radius 3 is 2.26 bits per heavy atom. The van der Waals surface area contributed by atoms with Crippen LogP contribution in [0.5, 0.6) is 0 Å². The highest BCUT2D eigenvalue weighted by Crippen LogP contribution is 1.95. The van der Waals surface area contributed by atoms with Crippen molar-refractivity contribution in [3.63, 3.8) is 0 Å². The van der Waals surface area contributed by atoms with Crippen molar-refractivity contribution >= 4 is 17.9 Å². The van der Waals surface area contributed by atoms with Gasteiger partial charge in [0, 0.05) is 20.6 Å². The lowest BCUT2D eigenvalue weighted by Crippen LogP contribution is -2.48. The van der Waals surface area contributed by atoms with Crippen LogP contribution in [0, 0.1) is 0 Å². The molecule has 0 saturated heterocycles. The van der Waals surface area contributed by atoms with Gasteiger partial charge in [0.25, 0.3) is 0 Å². The summed E-state index contributed by atoms with van der Waals surface area (Å²) in [6.45, 7) is 1.74. The highest BCUT2D eigenvalue weighted by Gasteiger charge is 2.20. The number of aliphatic hydroxyl groups is 1. The highest BCUT2D eigenvalue weighted by molar-refractivity contribution is 5.84. The van der Waals surface area contributed by atoms with E-state index < -0.39 is 24.6 Å². The van der Waals surface area contributed by atoms with E-state index in [-0.39, 0.29) is 12.5 Å². The van der Waals surface area contributed by atoms with Gasteiger partial charge in [0.1, 0.15) is 6.54 Å². The van der Waals surface area contributed by atoms with Gasteiger partial charge in [-0.25, -0.2) is 9.59 Å². The molecule has 0 radical (unpaired) electrons. The third-order valence-electron chi connectivity index (χ3n) is 2.34. The number of aliphatic carboxylic acids is 1. The van der Waals surface area contributed by atoms with Crippen molar-refractivity contribution in [3.8, 4) is 0 Å². The molecule has 8 nitrogen and oxygen atoms in total. The maximum Gasteiger partial charge on any atom is 0.334 e.